The van der Waals surface area contributed by atoms with Gasteiger partial charge in [-0.05, 0) is 33.4 Å². The summed E-state index contributed by atoms with van der Waals surface area (Å²) in [6.07, 6.45) is 7.78. The van der Waals surface area contributed by atoms with Crippen molar-refractivity contribution in [1.29, 1.82) is 0 Å². The Kier molecular flexibility index (Phi) is 3.06. The summed E-state index contributed by atoms with van der Waals surface area (Å²) in [5, 5.41) is 12.7. The van der Waals surface area contributed by atoms with Crippen LogP contribution in [0.4, 0.5) is 0 Å². The van der Waals surface area contributed by atoms with Crippen LogP contribution in [0.15, 0.2) is 23.8 Å². The highest BCUT2D eigenvalue weighted by atomic mass is 16.3. The Morgan fingerprint density at radius 3 is 2.92 bits per heavy atom. The van der Waals surface area contributed by atoms with Crippen LogP contribution < -0.4 is 5.32 Å². The van der Waals surface area contributed by atoms with Crippen molar-refractivity contribution in [1.82, 2.24) is 5.32 Å². The van der Waals surface area contributed by atoms with Crippen LogP contribution in [0.2, 0.25) is 0 Å². The van der Waals surface area contributed by atoms with Crippen molar-refractivity contribution >= 4 is 0 Å². The Balaban J connectivity index is 2.42. The molecule has 1 aliphatic rings. The number of allylic oxidation sites excluding steroid dienone is 1. The molecule has 1 rings (SSSR count). The maximum atomic E-state index is 9.57. The molecule has 0 bridgehead atoms. The van der Waals surface area contributed by atoms with Gasteiger partial charge in [-0.3, -0.25) is 0 Å². The molecule has 0 spiro atoms. The first-order chi connectivity index (χ1) is 5.64. The van der Waals surface area contributed by atoms with Crippen LogP contribution >= 0.6 is 0 Å². The van der Waals surface area contributed by atoms with Crippen LogP contribution in [0.5, 0.6) is 0 Å². The summed E-state index contributed by atoms with van der Waals surface area (Å²) in [5.41, 5.74) is 0.694. The molecule has 1 unspecified atom stereocenters. The summed E-state index contributed by atoms with van der Waals surface area (Å²) in [6, 6.07) is 0. The minimum atomic E-state index is -0.622. The monoisotopic (exact) mass is 167 g/mol. The van der Waals surface area contributed by atoms with Gasteiger partial charge in [0.05, 0.1) is 5.60 Å². The van der Waals surface area contributed by atoms with Crippen LogP contribution in [-0.4, -0.2) is 24.3 Å². The molecular weight excluding hydrogens is 150 g/mol. The summed E-state index contributed by atoms with van der Waals surface area (Å²) >= 11 is 0. The molecule has 0 radical (unpaired) electrons. The first-order valence-electron chi connectivity index (χ1n) is 4.39. The molecule has 1 aliphatic carbocycles. The molecule has 0 aliphatic heterocycles. The molecular formula is C10H17NO. The first kappa shape index (κ1) is 9.49. The molecule has 2 nitrogen and oxygen atoms in total. The minimum absolute atomic E-state index is 0.622. The number of hydrogen-bond donors (Lipinski definition) is 2. The lowest BCUT2D eigenvalue weighted by atomic mass is 9.93. The van der Waals surface area contributed by atoms with E-state index in [1.165, 1.54) is 5.57 Å². The van der Waals surface area contributed by atoms with Gasteiger partial charge in [0.1, 0.15) is 0 Å². The highest BCUT2D eigenvalue weighted by Gasteiger charge is 2.17. The van der Waals surface area contributed by atoms with Gasteiger partial charge in [-0.2, -0.15) is 0 Å². The Morgan fingerprint density at radius 2 is 2.42 bits per heavy atom. The van der Waals surface area contributed by atoms with Crippen molar-refractivity contribution in [2.24, 2.45) is 0 Å². The zero-order valence-electron chi connectivity index (χ0n) is 7.80. The molecule has 0 aromatic rings. The second-order valence-corrected chi connectivity index (χ2v) is 3.53. The third-order valence-corrected chi connectivity index (χ3v) is 2.10. The van der Waals surface area contributed by atoms with Crippen LogP contribution in [0.3, 0.4) is 0 Å². The van der Waals surface area contributed by atoms with Crippen LogP contribution in [0.25, 0.3) is 0 Å². The molecule has 0 amide bonds. The highest BCUT2D eigenvalue weighted by molar-refractivity contribution is 5.27. The molecule has 0 aromatic carbocycles. The number of nitrogens with one attached hydrogen (secondary N) is 1. The molecule has 12 heavy (non-hydrogen) atoms. The van der Waals surface area contributed by atoms with Gasteiger partial charge in [-0.15, -0.1) is 0 Å². The van der Waals surface area contributed by atoms with Gasteiger partial charge in [0, 0.05) is 0 Å². The average molecular weight is 167 g/mol. The first-order valence-corrected chi connectivity index (χ1v) is 4.39. The van der Waals surface area contributed by atoms with Gasteiger partial charge in [0.25, 0.3) is 0 Å². The maximum Gasteiger partial charge on any atom is 0.0837 e. The van der Waals surface area contributed by atoms with E-state index in [2.05, 4.69) is 11.4 Å². The van der Waals surface area contributed by atoms with E-state index >= 15 is 0 Å². The predicted octanol–water partition coefficient (Wildman–Crippen LogP) is 1.23. The summed E-state index contributed by atoms with van der Waals surface area (Å²) in [6.45, 7) is 2.83. The third-order valence-electron chi connectivity index (χ3n) is 2.10. The van der Waals surface area contributed by atoms with Crippen molar-refractivity contribution in [3.63, 3.8) is 0 Å². The fourth-order valence-corrected chi connectivity index (χ4v) is 1.22. The number of rotatable bonds is 3. The Morgan fingerprint density at radius 1 is 1.67 bits per heavy atom. The van der Waals surface area contributed by atoms with Crippen LogP contribution in [-0.2, 0) is 0 Å². The fourth-order valence-electron chi connectivity index (χ4n) is 1.22. The molecule has 2 heteroatoms. The van der Waals surface area contributed by atoms with Crippen LogP contribution in [0, 0.1) is 0 Å². The van der Waals surface area contributed by atoms with Crippen molar-refractivity contribution in [3.05, 3.63) is 23.8 Å². The van der Waals surface area contributed by atoms with Gasteiger partial charge in [0.2, 0.25) is 0 Å². The van der Waals surface area contributed by atoms with Gasteiger partial charge in [0.15, 0.2) is 0 Å². The fraction of sp³-hybridized carbons (Fsp3) is 0.600. The quantitative estimate of drug-likeness (QED) is 0.662. The normalized spacial score (nSPS) is 28.8. The van der Waals surface area contributed by atoms with Gasteiger partial charge in [-0.1, -0.05) is 23.8 Å². The van der Waals surface area contributed by atoms with E-state index in [1.54, 1.807) is 0 Å². The molecule has 1 atom stereocenters. The lowest BCUT2D eigenvalue weighted by Crippen LogP contribution is -2.22. The Hall–Kier alpha value is -0.600. The second-order valence-electron chi connectivity index (χ2n) is 3.53. The van der Waals surface area contributed by atoms with Crippen molar-refractivity contribution < 1.29 is 5.11 Å². The maximum absolute atomic E-state index is 9.57. The topological polar surface area (TPSA) is 32.3 Å². The summed E-state index contributed by atoms with van der Waals surface area (Å²) in [4.78, 5) is 0. The van der Waals surface area contributed by atoms with E-state index in [0.29, 0.717) is 0 Å². The lowest BCUT2D eigenvalue weighted by molar-refractivity contribution is 0.113. The molecule has 0 saturated carbocycles. The minimum Gasteiger partial charge on any atom is -0.386 e. The number of aliphatic hydroxyl groups is 1. The predicted molar refractivity (Wildman–Crippen MR) is 51.0 cm³/mol. The molecule has 0 saturated heterocycles. The summed E-state index contributed by atoms with van der Waals surface area (Å²) in [5.74, 6) is 0. The standard InChI is InChI=1S/C10H17NO/c1-10(12)6-3-9(4-7-10)5-8-11-2/h3-4,6,11-12H,5,7-8H2,1-2H3. The van der Waals surface area contributed by atoms with Crippen molar-refractivity contribution in [2.75, 3.05) is 13.6 Å². The Bertz CT molecular complexity index is 204. The smallest absolute Gasteiger partial charge is 0.0837 e. The van der Waals surface area contributed by atoms with E-state index in [4.69, 9.17) is 0 Å². The third kappa shape index (κ3) is 2.80. The largest absolute Gasteiger partial charge is 0.386 e. The van der Waals surface area contributed by atoms with E-state index in [0.717, 1.165) is 19.4 Å². The Labute approximate surface area is 74.0 Å². The van der Waals surface area contributed by atoms with E-state index in [9.17, 15) is 5.11 Å². The van der Waals surface area contributed by atoms with Gasteiger partial charge in [-0.25, -0.2) is 0 Å². The van der Waals surface area contributed by atoms with Gasteiger partial charge >= 0.3 is 0 Å². The zero-order chi connectivity index (χ0) is 9.03. The molecule has 0 heterocycles. The molecule has 0 fully saturated rings. The average Bonchev–Trinajstić information content (AvgIpc) is 2.03. The summed E-state index contributed by atoms with van der Waals surface area (Å²) < 4.78 is 0. The molecule has 68 valence electrons. The van der Waals surface area contributed by atoms with E-state index in [1.807, 2.05) is 26.1 Å². The summed E-state index contributed by atoms with van der Waals surface area (Å²) in [7, 11) is 1.95. The zero-order valence-corrected chi connectivity index (χ0v) is 7.80. The SMILES string of the molecule is CNCCC1=CCC(C)(O)C=C1. The van der Waals surface area contributed by atoms with Crippen molar-refractivity contribution in [3.8, 4) is 0 Å². The number of hydrogen-bond acceptors (Lipinski definition) is 2. The second kappa shape index (κ2) is 3.87. The van der Waals surface area contributed by atoms with Crippen molar-refractivity contribution in [2.45, 2.75) is 25.4 Å². The molecule has 2 N–H and O–H groups in total. The highest BCUT2D eigenvalue weighted by Crippen LogP contribution is 2.21. The van der Waals surface area contributed by atoms with Gasteiger partial charge < -0.3 is 10.4 Å². The van der Waals surface area contributed by atoms with E-state index < -0.39 is 5.60 Å². The molecule has 0 aromatic heterocycles. The van der Waals surface area contributed by atoms with Crippen LogP contribution in [0.1, 0.15) is 19.8 Å². The lowest BCUT2D eigenvalue weighted by Gasteiger charge is -2.21. The van der Waals surface area contributed by atoms with E-state index in [-0.39, 0.29) is 0 Å².